The third kappa shape index (κ3) is 12.7. The lowest BCUT2D eigenvalue weighted by Crippen LogP contribution is -2.51. The van der Waals surface area contributed by atoms with Crippen LogP contribution in [0.1, 0.15) is 153 Å². The van der Waals surface area contributed by atoms with Gasteiger partial charge in [0.1, 0.15) is 6.10 Å². The fraction of sp³-hybridized carbons (Fsp3) is 0.911. The molecule has 0 aromatic heterocycles. The molecule has 0 aromatic carbocycles. The van der Waals surface area contributed by atoms with Crippen molar-refractivity contribution in [3.8, 4) is 0 Å². The smallest absolute Gasteiger partial charge is 0.407 e. The van der Waals surface area contributed by atoms with Crippen LogP contribution in [0.5, 0.6) is 0 Å². The molecule has 3 fully saturated rings. The zero-order chi connectivity index (χ0) is 38.9. The summed E-state index contributed by atoms with van der Waals surface area (Å²) in [5.74, 6) is 5.02. The summed E-state index contributed by atoms with van der Waals surface area (Å²) in [6, 6.07) is 0. The zero-order valence-corrected chi connectivity index (χ0v) is 35.7. The molecule has 2 amide bonds. The number of ether oxygens (including phenoxy) is 4. The maximum atomic E-state index is 12.7. The predicted octanol–water partition coefficient (Wildman–Crippen LogP) is 9.89. The minimum Gasteiger partial charge on any atom is -0.446 e. The topological polar surface area (TPSA) is 95.1 Å². The first-order chi connectivity index (χ1) is 24.9. The van der Waals surface area contributed by atoms with Crippen molar-refractivity contribution in [2.75, 3.05) is 46.1 Å². The third-order valence-corrected chi connectivity index (χ3v) is 13.9. The van der Waals surface area contributed by atoms with Gasteiger partial charge in [-0.05, 0) is 124 Å². The van der Waals surface area contributed by atoms with Crippen LogP contribution in [-0.2, 0) is 23.7 Å². The molecule has 8 nitrogen and oxygen atoms in total. The Bertz CT molecular complexity index is 1190. The van der Waals surface area contributed by atoms with Gasteiger partial charge in [-0.2, -0.15) is 0 Å². The second-order valence-electron chi connectivity index (χ2n) is 20.1. The van der Waals surface area contributed by atoms with Gasteiger partial charge in [-0.25, -0.2) is 4.79 Å². The maximum Gasteiger partial charge on any atom is 0.407 e. The summed E-state index contributed by atoms with van der Waals surface area (Å²) < 4.78 is 23.0. The first-order valence-corrected chi connectivity index (χ1v) is 21.6. The van der Waals surface area contributed by atoms with Crippen molar-refractivity contribution >= 4 is 12.0 Å². The van der Waals surface area contributed by atoms with E-state index in [-0.39, 0.29) is 34.5 Å². The lowest BCUT2D eigenvalue weighted by molar-refractivity contribution is -0.123. The highest BCUT2D eigenvalue weighted by Gasteiger charge is 2.59. The molecule has 0 saturated heterocycles. The first kappa shape index (κ1) is 44.1. The van der Waals surface area contributed by atoms with E-state index in [9.17, 15) is 9.59 Å². The number of rotatable bonds is 20. The summed E-state index contributed by atoms with van der Waals surface area (Å²) in [5, 5.41) is 5.82. The monoisotopic (exact) mass is 745 g/mol. The van der Waals surface area contributed by atoms with Crippen molar-refractivity contribution in [3.05, 3.63) is 11.6 Å². The quantitative estimate of drug-likeness (QED) is 0.0952. The van der Waals surface area contributed by atoms with E-state index < -0.39 is 0 Å². The lowest BCUT2D eigenvalue weighted by atomic mass is 9.47. The first-order valence-electron chi connectivity index (χ1n) is 21.6. The Labute approximate surface area is 324 Å². The Morgan fingerprint density at radius 3 is 2.23 bits per heavy atom. The Morgan fingerprint density at radius 1 is 0.849 bits per heavy atom. The molecule has 0 heterocycles. The molecule has 5 unspecified atom stereocenters. The molecule has 0 bridgehead atoms. The SMILES string of the molecule is CC(C)CCCC(C)C1CCC2C3CC=C4C[C@@H](OC(=O)NCCOCCOCCNC(=O)CC(C)(C)CCOC(C)(C)C)CC[C@]4(C)C3CC[C@]12C. The number of hydrogen-bond acceptors (Lipinski definition) is 6. The summed E-state index contributed by atoms with van der Waals surface area (Å²) in [6.07, 6.45) is 17.4. The van der Waals surface area contributed by atoms with E-state index in [0.717, 1.165) is 61.2 Å². The molecule has 8 heteroatoms. The number of nitrogens with one attached hydrogen (secondary N) is 2. The van der Waals surface area contributed by atoms with Gasteiger partial charge in [0.05, 0.1) is 32.0 Å². The van der Waals surface area contributed by atoms with Crippen LogP contribution in [0.2, 0.25) is 0 Å². The Hall–Kier alpha value is -1.64. The lowest BCUT2D eigenvalue weighted by Gasteiger charge is -2.58. The molecule has 8 atom stereocenters. The molecule has 53 heavy (non-hydrogen) atoms. The van der Waals surface area contributed by atoms with Crippen LogP contribution in [0.4, 0.5) is 4.79 Å². The highest BCUT2D eigenvalue weighted by atomic mass is 16.6. The molecule has 4 rings (SSSR count). The predicted molar refractivity (Wildman–Crippen MR) is 215 cm³/mol. The van der Waals surface area contributed by atoms with E-state index in [1.54, 1.807) is 5.57 Å². The van der Waals surface area contributed by atoms with Crippen LogP contribution in [0.25, 0.3) is 0 Å². The Morgan fingerprint density at radius 2 is 1.55 bits per heavy atom. The van der Waals surface area contributed by atoms with E-state index >= 15 is 0 Å². The summed E-state index contributed by atoms with van der Waals surface area (Å²) in [5.41, 5.74) is 2.02. The molecule has 4 aliphatic carbocycles. The number of carbonyl (C=O) groups excluding carboxylic acids is 2. The highest BCUT2D eigenvalue weighted by Crippen LogP contribution is 2.67. The number of carbonyl (C=O) groups is 2. The van der Waals surface area contributed by atoms with Crippen molar-refractivity contribution < 1.29 is 28.5 Å². The van der Waals surface area contributed by atoms with Gasteiger partial charge in [-0.3, -0.25) is 4.79 Å². The molecule has 306 valence electrons. The Balaban J connectivity index is 1.07. The molecule has 0 aliphatic heterocycles. The van der Waals surface area contributed by atoms with Crippen molar-refractivity contribution in [3.63, 3.8) is 0 Å². The van der Waals surface area contributed by atoms with E-state index in [0.29, 0.717) is 58.0 Å². The minimum atomic E-state index is -0.346. The summed E-state index contributed by atoms with van der Waals surface area (Å²) >= 11 is 0. The fourth-order valence-electron chi connectivity index (χ4n) is 11.0. The van der Waals surface area contributed by atoms with Crippen LogP contribution in [0, 0.1) is 51.8 Å². The molecule has 0 spiro atoms. The summed E-state index contributed by atoms with van der Waals surface area (Å²) in [4.78, 5) is 25.0. The molecule has 4 aliphatic rings. The average molecular weight is 745 g/mol. The van der Waals surface area contributed by atoms with Crippen molar-refractivity contribution in [2.45, 2.75) is 164 Å². The van der Waals surface area contributed by atoms with Gasteiger partial charge in [0.2, 0.25) is 5.91 Å². The Kier molecular flexibility index (Phi) is 16.2. The number of alkyl carbamates (subject to hydrolysis) is 1. The normalized spacial score (nSPS) is 30.5. The van der Waals surface area contributed by atoms with E-state index in [4.69, 9.17) is 18.9 Å². The van der Waals surface area contributed by atoms with E-state index in [1.165, 1.54) is 51.4 Å². The minimum absolute atomic E-state index is 0.0291. The van der Waals surface area contributed by atoms with Gasteiger partial charge >= 0.3 is 6.09 Å². The largest absolute Gasteiger partial charge is 0.446 e. The van der Waals surface area contributed by atoms with Gasteiger partial charge in [0, 0.05) is 32.5 Å². The van der Waals surface area contributed by atoms with E-state index in [1.807, 2.05) is 20.8 Å². The van der Waals surface area contributed by atoms with Crippen LogP contribution in [0.15, 0.2) is 11.6 Å². The van der Waals surface area contributed by atoms with E-state index in [2.05, 4.69) is 65.2 Å². The molecular weight excluding hydrogens is 665 g/mol. The van der Waals surface area contributed by atoms with Crippen LogP contribution in [-0.4, -0.2) is 69.8 Å². The average Bonchev–Trinajstić information content (AvgIpc) is 3.42. The summed E-state index contributed by atoms with van der Waals surface area (Å²) in [6.45, 7) is 26.0. The van der Waals surface area contributed by atoms with Crippen molar-refractivity contribution in [1.82, 2.24) is 10.6 Å². The van der Waals surface area contributed by atoms with Gasteiger partial charge in [-0.15, -0.1) is 0 Å². The van der Waals surface area contributed by atoms with Crippen LogP contribution >= 0.6 is 0 Å². The van der Waals surface area contributed by atoms with Crippen molar-refractivity contribution in [1.29, 1.82) is 0 Å². The molecular formula is C45H80N2O6. The van der Waals surface area contributed by atoms with Gasteiger partial charge in [-0.1, -0.05) is 79.4 Å². The number of allylic oxidation sites excluding steroid dienone is 1. The van der Waals surface area contributed by atoms with Crippen LogP contribution < -0.4 is 10.6 Å². The molecule has 0 aromatic rings. The summed E-state index contributed by atoms with van der Waals surface area (Å²) in [7, 11) is 0. The molecule has 3 saturated carbocycles. The zero-order valence-electron chi connectivity index (χ0n) is 35.7. The second kappa shape index (κ2) is 19.5. The van der Waals surface area contributed by atoms with Crippen LogP contribution in [0.3, 0.4) is 0 Å². The second-order valence-corrected chi connectivity index (χ2v) is 20.1. The fourth-order valence-corrected chi connectivity index (χ4v) is 11.0. The van der Waals surface area contributed by atoms with Gasteiger partial charge in [0.15, 0.2) is 0 Å². The van der Waals surface area contributed by atoms with Crippen molar-refractivity contribution in [2.24, 2.45) is 51.8 Å². The molecule has 2 N–H and O–H groups in total. The third-order valence-electron chi connectivity index (χ3n) is 13.9. The molecule has 0 radical (unpaired) electrons. The number of amides is 2. The standard InChI is InChI=1S/C45H80N2O6/c1-32(2)12-11-13-33(3)37-16-17-38-36-15-14-34-30-35(18-20-44(34,9)39(36)19-21-45(37,38)10)53-41(49)47-24-27-51-29-28-50-26-23-46-40(48)31-43(7,8)22-25-52-42(4,5)6/h14,32-33,35-39H,11-13,15-31H2,1-10H3,(H,46,48)(H,47,49)/t33?,35-,36?,37?,38?,39?,44-,45+/m0/s1. The van der Waals surface area contributed by atoms with Gasteiger partial charge < -0.3 is 29.6 Å². The highest BCUT2D eigenvalue weighted by molar-refractivity contribution is 5.76. The van der Waals surface area contributed by atoms with Gasteiger partial charge in [0.25, 0.3) is 0 Å². The maximum absolute atomic E-state index is 12.7. The number of fused-ring (bicyclic) bond motifs is 5. The number of hydrogen-bond donors (Lipinski definition) is 2.